The van der Waals surface area contributed by atoms with E-state index in [1.54, 1.807) is 0 Å². The molecule has 8 heavy (non-hydrogen) atoms. The van der Waals surface area contributed by atoms with Crippen LogP contribution in [-0.2, 0) is 9.47 Å². The van der Waals surface area contributed by atoms with Crippen LogP contribution < -0.4 is 0 Å². The molecule has 0 atom stereocenters. The molecular formula is C5H16O2Si. The van der Waals surface area contributed by atoms with E-state index >= 15 is 0 Å². The molecule has 0 unspecified atom stereocenters. The van der Waals surface area contributed by atoms with Crippen LogP contribution in [0.5, 0.6) is 0 Å². The smallest absolute Gasteiger partial charge is 0.146 e. The van der Waals surface area contributed by atoms with Crippen molar-refractivity contribution in [1.82, 2.24) is 0 Å². The summed E-state index contributed by atoms with van der Waals surface area (Å²) in [5, 5.41) is 0. The highest BCUT2D eigenvalue weighted by Crippen LogP contribution is 1.74. The third-order valence-corrected chi connectivity index (χ3v) is 0.575. The van der Waals surface area contributed by atoms with Gasteiger partial charge in [-0.15, -0.1) is 0 Å². The summed E-state index contributed by atoms with van der Waals surface area (Å²) < 4.78 is 9.70. The summed E-state index contributed by atoms with van der Waals surface area (Å²) in [5.41, 5.74) is 0. The Morgan fingerprint density at radius 2 is 1.38 bits per heavy atom. The van der Waals surface area contributed by atoms with Gasteiger partial charge in [-0.25, -0.2) is 0 Å². The van der Waals surface area contributed by atoms with Gasteiger partial charge in [-0.05, 0) is 24.8 Å². The molecule has 0 rings (SSSR count). The molecule has 0 aliphatic carbocycles. The zero-order valence-corrected chi connectivity index (χ0v) is 4.94. The highest BCUT2D eigenvalue weighted by molar-refractivity contribution is 5.75. The van der Waals surface area contributed by atoms with Crippen LogP contribution in [0.25, 0.3) is 0 Å². The van der Waals surface area contributed by atoms with Crippen molar-refractivity contribution in [3.05, 3.63) is 0 Å². The molecule has 0 N–H and O–H groups in total. The maximum Gasteiger partial charge on any atom is 0.146 e. The van der Waals surface area contributed by atoms with E-state index in [9.17, 15) is 0 Å². The molecule has 0 amide bonds. The zero-order chi connectivity index (χ0) is 5.54. The van der Waals surface area contributed by atoms with Crippen LogP contribution in [0.3, 0.4) is 0 Å². The first-order valence-corrected chi connectivity index (χ1v) is 2.57. The van der Waals surface area contributed by atoms with Crippen LogP contribution in [0.15, 0.2) is 0 Å². The number of hydrogen-bond acceptors (Lipinski definition) is 2. The topological polar surface area (TPSA) is 18.5 Å². The zero-order valence-electron chi connectivity index (χ0n) is 4.94. The number of hydrogen-bond donors (Lipinski definition) is 0. The fourth-order valence-electron chi connectivity index (χ4n) is 0.226. The first kappa shape index (κ1) is 11.0. The molecule has 0 fully saturated rings. The quantitative estimate of drug-likeness (QED) is 0.296. The first-order valence-electron chi connectivity index (χ1n) is 2.57. The van der Waals surface area contributed by atoms with Crippen LogP contribution >= 0.6 is 0 Å². The van der Waals surface area contributed by atoms with Crippen LogP contribution in [0.2, 0.25) is 0 Å². The average Bonchev–Trinajstić information content (AvgIpc) is 1.69. The van der Waals surface area contributed by atoms with Crippen LogP contribution in [-0.4, -0.2) is 31.0 Å². The summed E-state index contributed by atoms with van der Waals surface area (Å²) in [4.78, 5) is 0. The SMILES string of the molecule is CCOCOCC.[SiH4]. The summed E-state index contributed by atoms with van der Waals surface area (Å²) in [7, 11) is 0. The number of rotatable bonds is 4. The lowest BCUT2D eigenvalue weighted by atomic mass is 10.9. The molecule has 0 aliphatic rings. The molecule has 0 heterocycles. The maximum absolute atomic E-state index is 4.85. The van der Waals surface area contributed by atoms with Crippen molar-refractivity contribution in [3.8, 4) is 0 Å². The summed E-state index contributed by atoms with van der Waals surface area (Å²) in [5.74, 6) is 0. The molecule has 2 nitrogen and oxygen atoms in total. The Kier molecular flexibility index (Phi) is 14.0. The van der Waals surface area contributed by atoms with Crippen LogP contribution in [0.1, 0.15) is 13.8 Å². The molecule has 0 aromatic carbocycles. The molecule has 0 saturated heterocycles. The van der Waals surface area contributed by atoms with E-state index in [0.29, 0.717) is 6.79 Å². The molecule has 0 aromatic rings. The highest BCUT2D eigenvalue weighted by Gasteiger charge is 1.76. The minimum absolute atomic E-state index is 0. The van der Waals surface area contributed by atoms with Crippen molar-refractivity contribution in [2.45, 2.75) is 13.8 Å². The minimum Gasteiger partial charge on any atom is -0.356 e. The van der Waals surface area contributed by atoms with Crippen LogP contribution in [0.4, 0.5) is 0 Å². The van der Waals surface area contributed by atoms with E-state index in [0.717, 1.165) is 13.2 Å². The molecular weight excluding hydrogens is 120 g/mol. The van der Waals surface area contributed by atoms with E-state index in [2.05, 4.69) is 0 Å². The van der Waals surface area contributed by atoms with Gasteiger partial charge in [-0.2, -0.15) is 0 Å². The predicted molar refractivity (Wildman–Crippen MR) is 39.5 cm³/mol. The molecule has 0 aromatic heterocycles. The van der Waals surface area contributed by atoms with Gasteiger partial charge in [0.05, 0.1) is 0 Å². The van der Waals surface area contributed by atoms with Crippen molar-refractivity contribution in [2.24, 2.45) is 0 Å². The van der Waals surface area contributed by atoms with Crippen molar-refractivity contribution in [2.75, 3.05) is 20.0 Å². The van der Waals surface area contributed by atoms with E-state index in [4.69, 9.17) is 9.47 Å². The fraction of sp³-hybridized carbons (Fsp3) is 1.00. The van der Waals surface area contributed by atoms with E-state index in [1.807, 2.05) is 13.8 Å². The maximum atomic E-state index is 4.85. The molecule has 3 heteroatoms. The van der Waals surface area contributed by atoms with Gasteiger partial charge >= 0.3 is 0 Å². The Labute approximate surface area is 55.2 Å². The second kappa shape index (κ2) is 10.2. The third kappa shape index (κ3) is 9.46. The van der Waals surface area contributed by atoms with Gasteiger partial charge in [0.15, 0.2) is 0 Å². The molecule has 0 aliphatic heterocycles. The largest absolute Gasteiger partial charge is 0.356 e. The molecule has 0 spiro atoms. The van der Waals surface area contributed by atoms with E-state index < -0.39 is 0 Å². The predicted octanol–water partition coefficient (Wildman–Crippen LogP) is -0.435. The van der Waals surface area contributed by atoms with Gasteiger partial charge in [0.2, 0.25) is 0 Å². The number of ether oxygens (including phenoxy) is 2. The molecule has 0 saturated carbocycles. The molecule has 0 bridgehead atoms. The minimum atomic E-state index is 0. The lowest BCUT2D eigenvalue weighted by Gasteiger charge is -1.97. The molecule has 0 radical (unpaired) electrons. The average molecular weight is 136 g/mol. The summed E-state index contributed by atoms with van der Waals surface area (Å²) in [6, 6.07) is 0. The van der Waals surface area contributed by atoms with E-state index in [1.165, 1.54) is 0 Å². The van der Waals surface area contributed by atoms with Crippen LogP contribution in [0, 0.1) is 0 Å². The third-order valence-electron chi connectivity index (χ3n) is 0.575. The van der Waals surface area contributed by atoms with Crippen molar-refractivity contribution in [1.29, 1.82) is 0 Å². The first-order chi connectivity index (χ1) is 3.41. The van der Waals surface area contributed by atoms with Gasteiger partial charge in [0.25, 0.3) is 0 Å². The standard InChI is InChI=1S/C5H12O2.H4Si/c1-3-6-5-7-4-2;/h3-5H2,1-2H3;1H4. The van der Waals surface area contributed by atoms with Gasteiger partial charge in [-0.1, -0.05) is 0 Å². The van der Waals surface area contributed by atoms with Gasteiger partial charge in [-0.3, -0.25) is 0 Å². The van der Waals surface area contributed by atoms with Crippen molar-refractivity contribution < 1.29 is 9.47 Å². The Morgan fingerprint density at radius 1 is 1.00 bits per heavy atom. The molecule has 52 valence electrons. The fourth-order valence-corrected chi connectivity index (χ4v) is 0.226. The second-order valence-corrected chi connectivity index (χ2v) is 1.10. The Morgan fingerprint density at radius 3 is 1.62 bits per heavy atom. The summed E-state index contributed by atoms with van der Waals surface area (Å²) in [6.07, 6.45) is 0. The summed E-state index contributed by atoms with van der Waals surface area (Å²) in [6.45, 7) is 5.80. The highest BCUT2D eigenvalue weighted by atomic mass is 28.1. The normalized spacial score (nSPS) is 8.25. The lowest BCUT2D eigenvalue weighted by molar-refractivity contribution is -0.0445. The van der Waals surface area contributed by atoms with E-state index in [-0.39, 0.29) is 11.0 Å². The van der Waals surface area contributed by atoms with Gasteiger partial charge in [0.1, 0.15) is 6.79 Å². The Hall–Kier alpha value is 0.137. The second-order valence-electron chi connectivity index (χ2n) is 1.10. The van der Waals surface area contributed by atoms with Gasteiger partial charge < -0.3 is 9.47 Å². The van der Waals surface area contributed by atoms with Gasteiger partial charge in [0, 0.05) is 13.2 Å². The Balaban J connectivity index is 0. The summed E-state index contributed by atoms with van der Waals surface area (Å²) >= 11 is 0. The monoisotopic (exact) mass is 136 g/mol. The Bertz CT molecular complexity index is 29.6. The lowest BCUT2D eigenvalue weighted by Crippen LogP contribution is -1.97. The van der Waals surface area contributed by atoms with Crippen molar-refractivity contribution >= 4 is 11.0 Å². The van der Waals surface area contributed by atoms with Crippen molar-refractivity contribution in [3.63, 3.8) is 0 Å².